The third-order valence-electron chi connectivity index (χ3n) is 3.53. The van der Waals surface area contributed by atoms with Crippen molar-refractivity contribution in [2.45, 2.75) is 36.6 Å². The number of H-pyrrole nitrogens is 1. The second-order valence-electron chi connectivity index (χ2n) is 5.26. The Morgan fingerprint density at radius 2 is 2.00 bits per heavy atom. The second-order valence-corrected chi connectivity index (χ2v) is 7.56. The van der Waals surface area contributed by atoms with E-state index in [1.165, 1.54) is 12.3 Å². The monoisotopic (exact) mass is 302 g/mol. The molecule has 0 saturated heterocycles. The van der Waals surface area contributed by atoms with E-state index in [0.29, 0.717) is 12.5 Å². The Balaban J connectivity index is 1.94. The summed E-state index contributed by atoms with van der Waals surface area (Å²) in [5.74, 6) is 0.494. The van der Waals surface area contributed by atoms with Gasteiger partial charge in [-0.15, -0.1) is 0 Å². The van der Waals surface area contributed by atoms with Crippen LogP contribution in [0.3, 0.4) is 0 Å². The molecule has 0 atom stereocenters. The number of nitrogens with one attached hydrogen (secondary N) is 1. The zero-order chi connectivity index (χ0) is 13.6. The first kappa shape index (κ1) is 13.1. The highest BCUT2D eigenvalue weighted by Gasteiger charge is 2.41. The summed E-state index contributed by atoms with van der Waals surface area (Å²) in [4.78, 5) is 13.6. The average molecular weight is 303 g/mol. The van der Waals surface area contributed by atoms with Crippen molar-refractivity contribution in [2.24, 2.45) is 5.92 Å². The van der Waals surface area contributed by atoms with Crippen LogP contribution in [0.25, 0.3) is 0 Å². The lowest BCUT2D eigenvalue weighted by molar-refractivity contribution is 0.388. The van der Waals surface area contributed by atoms with Crippen LogP contribution < -0.4 is 5.56 Å². The van der Waals surface area contributed by atoms with Gasteiger partial charge in [0.2, 0.25) is 10.0 Å². The van der Waals surface area contributed by atoms with E-state index >= 15 is 0 Å². The van der Waals surface area contributed by atoms with Crippen LogP contribution in [-0.2, 0) is 10.0 Å². The summed E-state index contributed by atoms with van der Waals surface area (Å²) < 4.78 is 26.7. The zero-order valence-electron chi connectivity index (χ0n) is 10.3. The van der Waals surface area contributed by atoms with Crippen molar-refractivity contribution in [1.82, 2.24) is 9.29 Å². The number of aromatic amines is 1. The van der Waals surface area contributed by atoms with E-state index in [9.17, 15) is 13.2 Å². The zero-order valence-corrected chi connectivity index (χ0v) is 11.9. The predicted molar refractivity (Wildman–Crippen MR) is 71.7 cm³/mol. The van der Waals surface area contributed by atoms with Gasteiger partial charge in [0.15, 0.2) is 0 Å². The van der Waals surface area contributed by atoms with Crippen LogP contribution in [0.1, 0.15) is 25.7 Å². The number of sulfonamides is 1. The molecule has 1 N–H and O–H groups in total. The molecule has 3 rings (SSSR count). The molecule has 1 aromatic heterocycles. The molecule has 0 spiro atoms. The lowest BCUT2D eigenvalue weighted by atomic mass is 10.4. The summed E-state index contributed by atoms with van der Waals surface area (Å²) in [6.07, 6.45) is 5.27. The van der Waals surface area contributed by atoms with Crippen LogP contribution in [0.15, 0.2) is 22.0 Å². The molecule has 1 heterocycles. The average Bonchev–Trinajstić information content (AvgIpc) is 3.23. The Hall–Kier alpha value is -0.850. The van der Waals surface area contributed by atoms with Gasteiger partial charge in [0.25, 0.3) is 5.56 Å². The standard InChI is InChI=1S/C12H15ClN2O3S/c13-11-5-10(6-14-12(11)16)19(17,18)15(9-3-4-9)7-8-1-2-8/h5-6,8-9H,1-4,7H2,(H,14,16). The molecule has 104 valence electrons. The number of aromatic nitrogens is 1. The summed E-state index contributed by atoms with van der Waals surface area (Å²) in [7, 11) is -3.55. The Bertz CT molecular complexity index is 647. The molecule has 1 aromatic rings. The fraction of sp³-hybridized carbons (Fsp3) is 0.583. The van der Waals surface area contributed by atoms with Crippen LogP contribution in [0.4, 0.5) is 0 Å². The van der Waals surface area contributed by atoms with Crippen LogP contribution in [0.5, 0.6) is 0 Å². The Morgan fingerprint density at radius 1 is 1.32 bits per heavy atom. The molecule has 0 unspecified atom stereocenters. The van der Waals surface area contributed by atoms with Gasteiger partial charge in [-0.05, 0) is 37.7 Å². The predicted octanol–water partition coefficient (Wildman–Crippen LogP) is 1.59. The molecule has 0 amide bonds. The van der Waals surface area contributed by atoms with Gasteiger partial charge in [-0.3, -0.25) is 4.79 Å². The van der Waals surface area contributed by atoms with Gasteiger partial charge < -0.3 is 4.98 Å². The first-order valence-corrected chi connectivity index (χ1v) is 8.20. The third kappa shape index (κ3) is 2.70. The van der Waals surface area contributed by atoms with Crippen molar-refractivity contribution in [3.63, 3.8) is 0 Å². The molecule has 5 nitrogen and oxygen atoms in total. The molecule has 2 fully saturated rings. The third-order valence-corrected chi connectivity index (χ3v) is 5.70. The lowest BCUT2D eigenvalue weighted by Gasteiger charge is -2.21. The van der Waals surface area contributed by atoms with E-state index in [2.05, 4.69) is 4.98 Å². The first-order chi connectivity index (χ1) is 8.98. The number of rotatable bonds is 5. The minimum Gasteiger partial charge on any atom is -0.326 e. The SMILES string of the molecule is O=c1[nH]cc(S(=O)(=O)N(CC2CC2)C2CC2)cc1Cl. The largest absolute Gasteiger partial charge is 0.326 e. The van der Waals surface area contributed by atoms with Gasteiger partial charge in [0, 0.05) is 18.8 Å². The molecule has 7 heteroatoms. The highest BCUT2D eigenvalue weighted by Crippen LogP contribution is 2.37. The second kappa shape index (κ2) is 4.61. The van der Waals surface area contributed by atoms with Gasteiger partial charge in [0.05, 0.1) is 4.90 Å². The van der Waals surface area contributed by atoms with Crippen LogP contribution in [0, 0.1) is 5.92 Å². The highest BCUT2D eigenvalue weighted by atomic mass is 35.5. The van der Waals surface area contributed by atoms with Crippen LogP contribution in [0.2, 0.25) is 5.02 Å². The van der Waals surface area contributed by atoms with Gasteiger partial charge in [-0.25, -0.2) is 8.42 Å². The van der Waals surface area contributed by atoms with Gasteiger partial charge in [-0.2, -0.15) is 4.31 Å². The molecule has 2 aliphatic carbocycles. The molecular weight excluding hydrogens is 288 g/mol. The number of pyridine rings is 1. The number of hydrogen-bond donors (Lipinski definition) is 1. The van der Waals surface area contributed by atoms with E-state index in [0.717, 1.165) is 25.7 Å². The maximum absolute atomic E-state index is 12.6. The van der Waals surface area contributed by atoms with Gasteiger partial charge in [-0.1, -0.05) is 11.6 Å². The minimum atomic E-state index is -3.55. The molecule has 0 radical (unpaired) electrons. The fourth-order valence-electron chi connectivity index (χ4n) is 2.08. The van der Waals surface area contributed by atoms with Crippen molar-refractivity contribution in [3.8, 4) is 0 Å². The van der Waals surface area contributed by atoms with E-state index in [-0.39, 0.29) is 16.0 Å². The number of nitrogens with zero attached hydrogens (tertiary/aromatic N) is 1. The van der Waals surface area contributed by atoms with Crippen molar-refractivity contribution >= 4 is 21.6 Å². The van der Waals surface area contributed by atoms with E-state index in [4.69, 9.17) is 11.6 Å². The van der Waals surface area contributed by atoms with Crippen molar-refractivity contribution in [3.05, 3.63) is 27.6 Å². The van der Waals surface area contributed by atoms with E-state index < -0.39 is 15.6 Å². The van der Waals surface area contributed by atoms with Crippen molar-refractivity contribution in [2.75, 3.05) is 6.54 Å². The van der Waals surface area contributed by atoms with E-state index in [1.807, 2.05) is 0 Å². The summed E-state index contributed by atoms with van der Waals surface area (Å²) in [5, 5.41) is -0.0942. The molecular formula is C12H15ClN2O3S. The van der Waals surface area contributed by atoms with Crippen molar-refractivity contribution in [1.29, 1.82) is 0 Å². The number of hydrogen-bond acceptors (Lipinski definition) is 3. The maximum Gasteiger partial charge on any atom is 0.266 e. The van der Waals surface area contributed by atoms with Gasteiger partial charge in [0.1, 0.15) is 5.02 Å². The number of halogens is 1. The Labute approximate surface area is 116 Å². The smallest absolute Gasteiger partial charge is 0.266 e. The summed E-state index contributed by atoms with van der Waals surface area (Å²) in [6, 6.07) is 1.36. The molecule has 19 heavy (non-hydrogen) atoms. The molecule has 2 saturated carbocycles. The Morgan fingerprint density at radius 3 is 2.53 bits per heavy atom. The van der Waals surface area contributed by atoms with Crippen LogP contribution in [-0.4, -0.2) is 30.3 Å². The van der Waals surface area contributed by atoms with Gasteiger partial charge >= 0.3 is 0 Å². The van der Waals surface area contributed by atoms with E-state index in [1.54, 1.807) is 4.31 Å². The van der Waals surface area contributed by atoms with Crippen molar-refractivity contribution < 1.29 is 8.42 Å². The first-order valence-electron chi connectivity index (χ1n) is 6.38. The fourth-order valence-corrected chi connectivity index (χ4v) is 4.08. The summed E-state index contributed by atoms with van der Waals surface area (Å²) in [6.45, 7) is 0.587. The minimum absolute atomic E-state index is 0.0738. The van der Waals surface area contributed by atoms with Crippen LogP contribution >= 0.6 is 11.6 Å². The molecule has 2 aliphatic rings. The molecule has 0 aliphatic heterocycles. The molecule has 0 bridgehead atoms. The summed E-state index contributed by atoms with van der Waals surface area (Å²) in [5.41, 5.74) is -0.471. The highest BCUT2D eigenvalue weighted by molar-refractivity contribution is 7.89. The topological polar surface area (TPSA) is 70.2 Å². The summed E-state index contributed by atoms with van der Waals surface area (Å²) >= 11 is 5.71. The lowest BCUT2D eigenvalue weighted by Crippen LogP contribution is -2.35. The Kier molecular flexibility index (Phi) is 3.19. The maximum atomic E-state index is 12.6. The normalized spacial score (nSPS) is 19.9. The quantitative estimate of drug-likeness (QED) is 0.898. The molecule has 0 aromatic carbocycles.